The van der Waals surface area contributed by atoms with Gasteiger partial charge in [0.25, 0.3) is 0 Å². The van der Waals surface area contributed by atoms with Crippen LogP contribution in [0, 0.1) is 5.82 Å². The number of nitrogens with zero attached hydrogens (tertiary/aromatic N) is 2. The monoisotopic (exact) mass is 337 g/mol. The van der Waals surface area contributed by atoms with Crippen LogP contribution in [0.1, 0.15) is 24.4 Å². The van der Waals surface area contributed by atoms with Gasteiger partial charge >= 0.3 is 5.97 Å². The molecule has 1 aliphatic heterocycles. The number of halogens is 1. The zero-order chi connectivity index (χ0) is 17.5. The minimum absolute atomic E-state index is 0.133. The molecule has 0 radical (unpaired) electrons. The molecule has 0 unspecified atom stereocenters. The number of nitrogens with one attached hydrogen (secondary N) is 1. The number of carbonyl (C=O) groups excluding carboxylic acids is 1. The Labute approximate surface area is 143 Å². The Balaban J connectivity index is 1.82. The van der Waals surface area contributed by atoms with Gasteiger partial charge in [0.1, 0.15) is 5.82 Å². The number of methoxy groups -OCH3 is 1. The summed E-state index contributed by atoms with van der Waals surface area (Å²) in [5.74, 6) is -0.379. The quantitative estimate of drug-likeness (QED) is 0.767. The summed E-state index contributed by atoms with van der Waals surface area (Å²) in [7, 11) is 5.44. The van der Waals surface area contributed by atoms with E-state index in [4.69, 9.17) is 4.74 Å². The van der Waals surface area contributed by atoms with Crippen LogP contribution in [0.4, 0.5) is 4.39 Å². The predicted molar refractivity (Wildman–Crippen MR) is 92.3 cm³/mol. The normalized spacial score (nSPS) is 17.9. The highest BCUT2D eigenvalue weighted by molar-refractivity contribution is 5.71. The van der Waals surface area contributed by atoms with Crippen molar-refractivity contribution in [1.29, 1.82) is 0 Å². The van der Waals surface area contributed by atoms with E-state index in [1.807, 2.05) is 20.2 Å². The fourth-order valence-electron chi connectivity index (χ4n) is 3.13. The van der Waals surface area contributed by atoms with E-state index in [0.29, 0.717) is 12.6 Å². The minimum Gasteiger partial charge on any atom is -0.468 e. The van der Waals surface area contributed by atoms with Crippen molar-refractivity contribution in [2.24, 2.45) is 0 Å². The van der Waals surface area contributed by atoms with Crippen molar-refractivity contribution >= 4 is 5.97 Å². The lowest BCUT2D eigenvalue weighted by atomic mass is 10.0. The summed E-state index contributed by atoms with van der Waals surface area (Å²) in [5, 5.41) is 3.60. The molecular formula is C18H28FN3O2. The van der Waals surface area contributed by atoms with E-state index in [-0.39, 0.29) is 17.8 Å². The molecule has 0 amide bonds. The summed E-state index contributed by atoms with van der Waals surface area (Å²) >= 11 is 0. The van der Waals surface area contributed by atoms with Gasteiger partial charge in [-0.15, -0.1) is 0 Å². The third-order valence-corrected chi connectivity index (χ3v) is 4.62. The van der Waals surface area contributed by atoms with Crippen LogP contribution in [0.25, 0.3) is 0 Å². The van der Waals surface area contributed by atoms with Gasteiger partial charge in [-0.2, -0.15) is 0 Å². The second-order valence-corrected chi connectivity index (χ2v) is 6.57. The molecule has 0 saturated carbocycles. The average molecular weight is 337 g/mol. The Kier molecular flexibility index (Phi) is 7.15. The van der Waals surface area contributed by atoms with Crippen LogP contribution in [0.3, 0.4) is 0 Å². The van der Waals surface area contributed by atoms with Gasteiger partial charge in [-0.1, -0.05) is 12.1 Å². The van der Waals surface area contributed by atoms with E-state index >= 15 is 0 Å². The molecule has 1 heterocycles. The fourth-order valence-corrected chi connectivity index (χ4v) is 3.13. The van der Waals surface area contributed by atoms with Gasteiger partial charge in [-0.25, -0.2) is 4.39 Å². The summed E-state index contributed by atoms with van der Waals surface area (Å²) in [6.07, 6.45) is 2.00. The maximum Gasteiger partial charge on any atom is 0.319 e. The Morgan fingerprint density at radius 1 is 1.42 bits per heavy atom. The third kappa shape index (κ3) is 5.54. The Morgan fingerprint density at radius 3 is 2.71 bits per heavy atom. The molecule has 1 aromatic rings. The van der Waals surface area contributed by atoms with Crippen LogP contribution in [-0.4, -0.2) is 69.2 Å². The summed E-state index contributed by atoms with van der Waals surface area (Å²) in [4.78, 5) is 15.6. The van der Waals surface area contributed by atoms with E-state index in [2.05, 4.69) is 15.1 Å². The Morgan fingerprint density at radius 2 is 2.12 bits per heavy atom. The lowest BCUT2D eigenvalue weighted by molar-refractivity contribution is -0.142. The van der Waals surface area contributed by atoms with E-state index in [1.165, 1.54) is 13.2 Å². The predicted octanol–water partition coefficient (Wildman–Crippen LogP) is 1.66. The molecule has 0 aliphatic carbocycles. The number of rotatable bonds is 7. The van der Waals surface area contributed by atoms with Crippen molar-refractivity contribution in [2.75, 3.05) is 47.4 Å². The molecule has 1 atom stereocenters. The number of likely N-dealkylation sites (tertiary alicyclic amines) is 1. The molecule has 1 aromatic carbocycles. The first-order valence-corrected chi connectivity index (χ1v) is 8.44. The second-order valence-electron chi connectivity index (χ2n) is 6.57. The Bertz CT molecular complexity index is 531. The van der Waals surface area contributed by atoms with E-state index < -0.39 is 0 Å². The fraction of sp³-hybridized carbons (Fsp3) is 0.611. The van der Waals surface area contributed by atoms with Crippen LogP contribution in [-0.2, 0) is 9.53 Å². The smallest absolute Gasteiger partial charge is 0.319 e. The van der Waals surface area contributed by atoms with Crippen molar-refractivity contribution < 1.29 is 13.9 Å². The van der Waals surface area contributed by atoms with Crippen LogP contribution in [0.2, 0.25) is 0 Å². The number of hydrogen-bond acceptors (Lipinski definition) is 5. The highest BCUT2D eigenvalue weighted by atomic mass is 19.1. The highest BCUT2D eigenvalue weighted by Crippen LogP contribution is 2.19. The molecule has 6 heteroatoms. The first-order chi connectivity index (χ1) is 11.5. The minimum atomic E-state index is -0.199. The molecule has 1 aliphatic rings. The molecule has 2 rings (SSSR count). The molecule has 1 saturated heterocycles. The Hall–Kier alpha value is -1.50. The third-order valence-electron chi connectivity index (χ3n) is 4.62. The van der Waals surface area contributed by atoms with Gasteiger partial charge in [0.15, 0.2) is 0 Å². The second kappa shape index (κ2) is 9.11. The van der Waals surface area contributed by atoms with Gasteiger partial charge in [0.2, 0.25) is 0 Å². The topological polar surface area (TPSA) is 44.8 Å². The maximum atomic E-state index is 13.5. The summed E-state index contributed by atoms with van der Waals surface area (Å²) < 4.78 is 18.2. The first kappa shape index (κ1) is 18.8. The number of carbonyl (C=O) groups is 1. The van der Waals surface area contributed by atoms with Gasteiger partial charge in [0, 0.05) is 31.7 Å². The van der Waals surface area contributed by atoms with Crippen molar-refractivity contribution in [1.82, 2.24) is 15.1 Å². The van der Waals surface area contributed by atoms with Crippen molar-refractivity contribution in [2.45, 2.75) is 24.9 Å². The SMILES string of the molecule is COC(=O)CN1CCC(NC[C@@H](c2cccc(F)c2)N(C)C)CC1. The lowest BCUT2D eigenvalue weighted by Gasteiger charge is -2.33. The molecule has 0 bridgehead atoms. The number of likely N-dealkylation sites (N-methyl/N-ethyl adjacent to an activating group) is 1. The number of esters is 1. The molecule has 0 spiro atoms. The van der Waals surface area contributed by atoms with Crippen LogP contribution in [0.15, 0.2) is 24.3 Å². The van der Waals surface area contributed by atoms with Crippen molar-refractivity contribution in [3.05, 3.63) is 35.6 Å². The molecular weight excluding hydrogens is 309 g/mol. The molecule has 1 N–H and O–H groups in total. The molecule has 0 aromatic heterocycles. The number of piperidine rings is 1. The summed E-state index contributed by atoms with van der Waals surface area (Å²) in [6.45, 7) is 2.92. The molecule has 1 fully saturated rings. The highest BCUT2D eigenvalue weighted by Gasteiger charge is 2.22. The van der Waals surface area contributed by atoms with E-state index in [9.17, 15) is 9.18 Å². The standard InChI is InChI=1S/C18H28FN3O2/c1-21(2)17(14-5-4-6-15(19)11-14)12-20-16-7-9-22(10-8-16)13-18(23)24-3/h4-6,11,16-17,20H,7-10,12-13H2,1-3H3/t17-/m0/s1. The van der Waals surface area contributed by atoms with Gasteiger partial charge < -0.3 is 15.0 Å². The molecule has 5 nitrogen and oxygen atoms in total. The number of benzene rings is 1. The lowest BCUT2D eigenvalue weighted by Crippen LogP contribution is -2.46. The number of hydrogen-bond donors (Lipinski definition) is 1. The van der Waals surface area contributed by atoms with E-state index in [0.717, 1.165) is 38.0 Å². The van der Waals surface area contributed by atoms with Crippen molar-refractivity contribution in [3.63, 3.8) is 0 Å². The first-order valence-electron chi connectivity index (χ1n) is 8.44. The van der Waals surface area contributed by atoms with E-state index in [1.54, 1.807) is 12.1 Å². The van der Waals surface area contributed by atoms with Gasteiger partial charge in [0.05, 0.1) is 13.7 Å². The van der Waals surface area contributed by atoms with Crippen LogP contribution >= 0.6 is 0 Å². The summed E-state index contributed by atoms with van der Waals surface area (Å²) in [5.41, 5.74) is 0.982. The summed E-state index contributed by atoms with van der Waals surface area (Å²) in [6, 6.07) is 7.36. The zero-order valence-electron chi connectivity index (χ0n) is 14.8. The molecule has 134 valence electrons. The van der Waals surface area contributed by atoms with Crippen LogP contribution < -0.4 is 5.32 Å². The van der Waals surface area contributed by atoms with Crippen molar-refractivity contribution in [3.8, 4) is 0 Å². The average Bonchev–Trinajstić information content (AvgIpc) is 2.56. The van der Waals surface area contributed by atoms with Gasteiger partial charge in [-0.05, 0) is 44.6 Å². The van der Waals surface area contributed by atoms with Crippen LogP contribution in [0.5, 0.6) is 0 Å². The van der Waals surface area contributed by atoms with Gasteiger partial charge in [-0.3, -0.25) is 9.69 Å². The maximum absolute atomic E-state index is 13.5. The number of ether oxygens (including phenoxy) is 1. The largest absolute Gasteiger partial charge is 0.468 e. The molecule has 24 heavy (non-hydrogen) atoms. The zero-order valence-corrected chi connectivity index (χ0v) is 14.8.